The van der Waals surface area contributed by atoms with Gasteiger partial charge in [-0.1, -0.05) is 13.0 Å². The minimum absolute atomic E-state index is 0.0137. The van der Waals surface area contributed by atoms with Crippen molar-refractivity contribution in [2.75, 3.05) is 51.4 Å². The van der Waals surface area contributed by atoms with Gasteiger partial charge in [0.25, 0.3) is 0 Å². The number of methoxy groups -OCH3 is 1. The number of fused-ring (bicyclic) bond motifs is 5. The van der Waals surface area contributed by atoms with E-state index in [1.54, 1.807) is 19.4 Å². The van der Waals surface area contributed by atoms with E-state index in [9.17, 15) is 9.50 Å². The monoisotopic (exact) mass is 648 g/mol. The number of pyridine rings is 1. The third-order valence-electron chi connectivity index (χ3n) is 10.8. The number of rotatable bonds is 8. The standard InChI is InChI=1S/C35H39F3N6O3/c1-3-24-27(37)6-5-20-11-23(45)12-25(28(20)24)30-29(38)31-26(14-39-30)32(43-16-22-7-9-34(17-43,42-22)18-46-2)41-33(40-31)47-19-35-8-4-10-44(35)15-21(36)13-35/h5-6,11-12,14,21-22,42,45H,3-4,7-10,13,15-19H2,1-2H3/t21-,22+,34-,35+/m1/s1. The van der Waals surface area contributed by atoms with Crippen LogP contribution in [0.25, 0.3) is 32.9 Å². The van der Waals surface area contributed by atoms with Gasteiger partial charge in [-0.05, 0) is 73.2 Å². The highest BCUT2D eigenvalue weighted by molar-refractivity contribution is 6.01. The predicted molar refractivity (Wildman–Crippen MR) is 173 cm³/mol. The Balaban J connectivity index is 1.27. The van der Waals surface area contributed by atoms with Crippen LogP contribution in [0.5, 0.6) is 11.8 Å². The lowest BCUT2D eigenvalue weighted by molar-refractivity contribution is 0.107. The molecule has 4 atom stereocenters. The smallest absolute Gasteiger partial charge is 0.319 e. The number of halogens is 3. The Hall–Kier alpha value is -3.74. The average molecular weight is 649 g/mol. The molecule has 47 heavy (non-hydrogen) atoms. The van der Waals surface area contributed by atoms with E-state index in [1.165, 1.54) is 18.2 Å². The summed E-state index contributed by atoms with van der Waals surface area (Å²) in [5.74, 6) is -0.704. The van der Waals surface area contributed by atoms with Crippen LogP contribution < -0.4 is 15.0 Å². The summed E-state index contributed by atoms with van der Waals surface area (Å²) < 4.78 is 58.4. The molecule has 0 radical (unpaired) electrons. The summed E-state index contributed by atoms with van der Waals surface area (Å²) in [6, 6.07) is 6.10. The molecule has 4 aliphatic heterocycles. The van der Waals surface area contributed by atoms with Crippen molar-refractivity contribution in [3.63, 3.8) is 0 Å². The number of phenols is 1. The minimum atomic E-state index is -0.915. The Bertz CT molecular complexity index is 1870. The number of aromatic nitrogens is 3. The molecular formula is C35H39F3N6O3. The largest absolute Gasteiger partial charge is 0.508 e. The molecule has 6 heterocycles. The zero-order valence-corrected chi connectivity index (χ0v) is 26.7. The van der Waals surface area contributed by atoms with E-state index < -0.39 is 23.3 Å². The Labute approximate surface area is 271 Å². The second-order valence-corrected chi connectivity index (χ2v) is 13.8. The van der Waals surface area contributed by atoms with Crippen LogP contribution in [0.15, 0.2) is 30.5 Å². The summed E-state index contributed by atoms with van der Waals surface area (Å²) in [4.78, 5) is 18.3. The molecule has 4 aliphatic rings. The third kappa shape index (κ3) is 5.07. The fraction of sp³-hybridized carbons (Fsp3) is 0.514. The fourth-order valence-electron chi connectivity index (χ4n) is 8.78. The lowest BCUT2D eigenvalue weighted by Gasteiger charge is -2.41. The van der Waals surface area contributed by atoms with Crippen molar-refractivity contribution in [1.82, 2.24) is 25.2 Å². The van der Waals surface area contributed by atoms with Gasteiger partial charge in [0.1, 0.15) is 41.4 Å². The first-order valence-electron chi connectivity index (χ1n) is 16.6. The van der Waals surface area contributed by atoms with Crippen LogP contribution in [-0.4, -0.2) is 94.8 Å². The first kappa shape index (κ1) is 30.6. The van der Waals surface area contributed by atoms with Crippen LogP contribution in [-0.2, 0) is 11.2 Å². The summed E-state index contributed by atoms with van der Waals surface area (Å²) in [5, 5.41) is 15.8. The first-order chi connectivity index (χ1) is 22.7. The highest BCUT2D eigenvalue weighted by Gasteiger charge is 2.50. The van der Waals surface area contributed by atoms with Crippen molar-refractivity contribution in [3.8, 4) is 23.0 Å². The second kappa shape index (κ2) is 11.5. The topological polar surface area (TPSA) is 95.9 Å². The van der Waals surface area contributed by atoms with Crippen LogP contribution >= 0.6 is 0 Å². The summed E-state index contributed by atoms with van der Waals surface area (Å²) in [5.41, 5.74) is -0.0540. The van der Waals surface area contributed by atoms with Crippen LogP contribution in [0.2, 0.25) is 0 Å². The normalized spacial score (nSPS) is 27.3. The van der Waals surface area contributed by atoms with Crippen molar-refractivity contribution < 1.29 is 27.8 Å². The molecule has 9 nitrogen and oxygen atoms in total. The van der Waals surface area contributed by atoms with Gasteiger partial charge in [-0.15, -0.1) is 0 Å². The van der Waals surface area contributed by atoms with Gasteiger partial charge in [0.15, 0.2) is 5.82 Å². The van der Waals surface area contributed by atoms with Crippen molar-refractivity contribution in [2.24, 2.45) is 0 Å². The molecule has 0 amide bonds. The molecule has 12 heteroatoms. The van der Waals surface area contributed by atoms with E-state index in [2.05, 4.69) is 25.1 Å². The maximum absolute atomic E-state index is 17.0. The highest BCUT2D eigenvalue weighted by atomic mass is 19.1. The molecule has 2 N–H and O–H groups in total. The van der Waals surface area contributed by atoms with E-state index in [0.717, 1.165) is 32.2 Å². The number of benzene rings is 2. The molecule has 4 saturated heterocycles. The van der Waals surface area contributed by atoms with E-state index in [-0.39, 0.29) is 46.7 Å². The Morgan fingerprint density at radius 1 is 1.13 bits per heavy atom. The van der Waals surface area contributed by atoms with E-state index in [1.807, 2.05) is 6.92 Å². The molecule has 0 aliphatic carbocycles. The molecule has 2 aromatic heterocycles. The van der Waals surface area contributed by atoms with E-state index in [4.69, 9.17) is 14.5 Å². The number of hydrogen-bond donors (Lipinski definition) is 2. The van der Waals surface area contributed by atoms with Gasteiger partial charge < -0.3 is 24.8 Å². The number of phenolic OH excluding ortho intramolecular Hbond substituents is 1. The molecule has 248 valence electrons. The zero-order chi connectivity index (χ0) is 32.5. The van der Waals surface area contributed by atoms with Gasteiger partial charge in [0.05, 0.1) is 23.1 Å². The van der Waals surface area contributed by atoms with Crippen LogP contribution in [0, 0.1) is 11.6 Å². The lowest BCUT2D eigenvalue weighted by atomic mass is 9.94. The number of nitrogens with zero attached hydrogens (tertiary/aromatic N) is 5. The SMILES string of the molecule is CCc1c(F)ccc2cc(O)cc(-c3ncc4c(N5C[C@@H]6CC[C@](COC)(C5)N6)nc(OC[C@@]56CCCN5C[C@H](F)C6)nc4c3F)c12. The number of aryl methyl sites for hydroxylation is 1. The summed E-state index contributed by atoms with van der Waals surface area (Å²) in [7, 11) is 1.69. The number of nitrogens with one attached hydrogen (secondary N) is 1. The fourth-order valence-corrected chi connectivity index (χ4v) is 8.78. The number of anilines is 1. The maximum atomic E-state index is 17.0. The quantitative estimate of drug-likeness (QED) is 0.264. The number of piperazine rings is 1. The Morgan fingerprint density at radius 2 is 2.00 bits per heavy atom. The van der Waals surface area contributed by atoms with Crippen LogP contribution in [0.4, 0.5) is 19.0 Å². The van der Waals surface area contributed by atoms with Gasteiger partial charge in [-0.2, -0.15) is 9.97 Å². The van der Waals surface area contributed by atoms with Gasteiger partial charge in [0, 0.05) is 51.0 Å². The molecule has 0 saturated carbocycles. The number of ether oxygens (including phenoxy) is 2. The molecule has 0 spiro atoms. The minimum Gasteiger partial charge on any atom is -0.508 e. The van der Waals surface area contributed by atoms with E-state index >= 15 is 8.78 Å². The highest BCUT2D eigenvalue weighted by Crippen LogP contribution is 2.42. The molecule has 4 fully saturated rings. The van der Waals surface area contributed by atoms with Gasteiger partial charge in [0.2, 0.25) is 0 Å². The number of alkyl halides is 1. The average Bonchev–Trinajstić information content (AvgIpc) is 3.68. The maximum Gasteiger partial charge on any atom is 0.319 e. The lowest BCUT2D eigenvalue weighted by Crippen LogP contribution is -2.61. The summed E-state index contributed by atoms with van der Waals surface area (Å²) in [6.07, 6.45) is 5.09. The summed E-state index contributed by atoms with van der Waals surface area (Å²) in [6.45, 7) is 5.00. The van der Waals surface area contributed by atoms with Gasteiger partial charge in [-0.3, -0.25) is 9.88 Å². The molecule has 2 aromatic carbocycles. The summed E-state index contributed by atoms with van der Waals surface area (Å²) >= 11 is 0. The second-order valence-electron chi connectivity index (χ2n) is 13.8. The molecule has 8 rings (SSSR count). The van der Waals surface area contributed by atoms with Crippen LogP contribution in [0.3, 0.4) is 0 Å². The number of aromatic hydroxyl groups is 1. The van der Waals surface area contributed by atoms with Crippen molar-refractivity contribution in [1.29, 1.82) is 0 Å². The molecule has 0 unspecified atom stereocenters. The Kier molecular flexibility index (Phi) is 7.45. The molecule has 4 aromatic rings. The van der Waals surface area contributed by atoms with Crippen molar-refractivity contribution in [2.45, 2.75) is 68.7 Å². The van der Waals surface area contributed by atoms with Crippen LogP contribution in [0.1, 0.15) is 44.6 Å². The zero-order valence-electron chi connectivity index (χ0n) is 26.7. The molecule has 2 bridgehead atoms. The molecular weight excluding hydrogens is 609 g/mol. The predicted octanol–water partition coefficient (Wildman–Crippen LogP) is 5.30. The number of hydrogen-bond acceptors (Lipinski definition) is 9. The van der Waals surface area contributed by atoms with Crippen molar-refractivity contribution >= 4 is 27.5 Å². The van der Waals surface area contributed by atoms with Gasteiger partial charge in [-0.25, -0.2) is 13.2 Å². The third-order valence-corrected chi connectivity index (χ3v) is 10.8. The first-order valence-corrected chi connectivity index (χ1v) is 16.6. The van der Waals surface area contributed by atoms with E-state index in [0.29, 0.717) is 66.6 Å². The Morgan fingerprint density at radius 3 is 2.83 bits per heavy atom. The van der Waals surface area contributed by atoms with Gasteiger partial charge >= 0.3 is 6.01 Å². The van der Waals surface area contributed by atoms with Crippen molar-refractivity contribution in [3.05, 3.63) is 47.7 Å².